The van der Waals surface area contributed by atoms with Crippen LogP contribution in [0.1, 0.15) is 28.9 Å². The molecule has 0 saturated heterocycles. The van der Waals surface area contributed by atoms with E-state index in [1.165, 1.54) is 6.07 Å². The molecule has 0 amide bonds. The number of nitrogens with one attached hydrogen (secondary N) is 1. The molecule has 0 unspecified atom stereocenters. The Hall–Kier alpha value is -3.30. The van der Waals surface area contributed by atoms with Crippen molar-refractivity contribution in [2.24, 2.45) is 7.05 Å². The maximum Gasteiger partial charge on any atom is 0.311 e. The van der Waals surface area contributed by atoms with Crippen LogP contribution in [0.2, 0.25) is 0 Å². The highest BCUT2D eigenvalue weighted by molar-refractivity contribution is 5.58. The molecule has 3 aromatic heterocycles. The van der Waals surface area contributed by atoms with Gasteiger partial charge < -0.3 is 9.84 Å². The first kappa shape index (κ1) is 15.6. The van der Waals surface area contributed by atoms with Gasteiger partial charge in [0.05, 0.1) is 11.1 Å². The van der Waals surface area contributed by atoms with Crippen molar-refractivity contribution in [1.29, 1.82) is 0 Å². The monoisotopic (exact) mass is 329 g/mol. The van der Waals surface area contributed by atoms with Crippen LogP contribution in [0.15, 0.2) is 29.2 Å². The normalized spacial score (nSPS) is 12.1. The van der Waals surface area contributed by atoms with Crippen LogP contribution in [0.5, 0.6) is 0 Å². The van der Waals surface area contributed by atoms with E-state index in [9.17, 15) is 10.1 Å². The lowest BCUT2D eigenvalue weighted by molar-refractivity contribution is -0.384. The van der Waals surface area contributed by atoms with E-state index < -0.39 is 11.0 Å². The van der Waals surface area contributed by atoms with Crippen molar-refractivity contribution in [2.75, 3.05) is 5.32 Å². The summed E-state index contributed by atoms with van der Waals surface area (Å²) in [5.74, 6) is 0.867. The van der Waals surface area contributed by atoms with Crippen LogP contribution in [-0.4, -0.2) is 29.8 Å². The third-order valence-electron chi connectivity index (χ3n) is 3.34. The molecule has 10 heteroatoms. The number of nitrogens with zero attached hydrogens (tertiary/aromatic N) is 6. The Balaban J connectivity index is 2.03. The minimum atomic E-state index is -0.579. The quantitative estimate of drug-likeness (QED) is 0.556. The second kappa shape index (κ2) is 6.07. The van der Waals surface area contributed by atoms with E-state index in [0.717, 1.165) is 5.56 Å². The van der Waals surface area contributed by atoms with Gasteiger partial charge in [-0.15, -0.1) is 0 Å². The average Bonchev–Trinajstić information content (AvgIpc) is 3.14. The van der Waals surface area contributed by atoms with Crippen molar-refractivity contribution < 1.29 is 9.45 Å². The topological polar surface area (TPSA) is 125 Å². The van der Waals surface area contributed by atoms with E-state index in [1.54, 1.807) is 44.2 Å². The Morgan fingerprint density at radius 2 is 2.17 bits per heavy atom. The minimum Gasteiger partial charge on any atom is -0.350 e. The van der Waals surface area contributed by atoms with Crippen LogP contribution in [0.3, 0.4) is 0 Å². The first-order valence-corrected chi connectivity index (χ1v) is 7.10. The smallest absolute Gasteiger partial charge is 0.311 e. The Kier molecular flexibility index (Phi) is 3.94. The molecular weight excluding hydrogens is 314 g/mol. The minimum absolute atomic E-state index is 0.121. The molecule has 10 nitrogen and oxygen atoms in total. The van der Waals surface area contributed by atoms with E-state index in [-0.39, 0.29) is 11.5 Å². The molecular formula is C14H15N7O3. The summed E-state index contributed by atoms with van der Waals surface area (Å²) in [6, 6.07) is 0.877. The van der Waals surface area contributed by atoms with E-state index in [4.69, 9.17) is 4.52 Å². The fraction of sp³-hybridized carbons (Fsp3) is 0.286. The van der Waals surface area contributed by atoms with Gasteiger partial charge in [0, 0.05) is 38.0 Å². The van der Waals surface area contributed by atoms with Crippen LogP contribution >= 0.6 is 0 Å². The van der Waals surface area contributed by atoms with Crippen molar-refractivity contribution in [1.82, 2.24) is 24.9 Å². The molecule has 0 aliphatic carbocycles. The Labute approximate surface area is 136 Å². The van der Waals surface area contributed by atoms with E-state index in [0.29, 0.717) is 17.3 Å². The fourth-order valence-corrected chi connectivity index (χ4v) is 2.26. The standard InChI is InChI=1S/C14H15N7O3/c1-8-4-11(21(22)23)13(15-5-8)18-12(10-6-16-20(3)7-10)14-17-9(2)24-19-14/h4-7,12H,1-3H3,(H,15,18)/t12-/m1/s1. The summed E-state index contributed by atoms with van der Waals surface area (Å²) in [6.07, 6.45) is 4.95. The summed E-state index contributed by atoms with van der Waals surface area (Å²) in [5.41, 5.74) is 1.31. The number of anilines is 1. The molecule has 0 aliphatic rings. The second-order valence-electron chi connectivity index (χ2n) is 5.33. The van der Waals surface area contributed by atoms with Gasteiger partial charge in [-0.1, -0.05) is 5.16 Å². The van der Waals surface area contributed by atoms with Gasteiger partial charge in [-0.05, 0) is 12.5 Å². The third-order valence-corrected chi connectivity index (χ3v) is 3.34. The highest BCUT2D eigenvalue weighted by Gasteiger charge is 2.25. The van der Waals surface area contributed by atoms with Gasteiger partial charge in [0.1, 0.15) is 6.04 Å². The molecule has 0 aromatic carbocycles. The Morgan fingerprint density at radius 1 is 1.38 bits per heavy atom. The number of hydrogen-bond acceptors (Lipinski definition) is 8. The highest BCUT2D eigenvalue weighted by Crippen LogP contribution is 2.29. The molecule has 3 rings (SSSR count). The lowest BCUT2D eigenvalue weighted by Crippen LogP contribution is -2.15. The van der Waals surface area contributed by atoms with Crippen molar-refractivity contribution >= 4 is 11.5 Å². The number of hydrogen-bond donors (Lipinski definition) is 1. The zero-order valence-corrected chi connectivity index (χ0v) is 13.3. The number of aromatic nitrogens is 5. The summed E-state index contributed by atoms with van der Waals surface area (Å²) in [5, 5.41) is 22.3. The van der Waals surface area contributed by atoms with Crippen LogP contribution in [0.4, 0.5) is 11.5 Å². The summed E-state index contributed by atoms with van der Waals surface area (Å²) in [6.45, 7) is 3.41. The van der Waals surface area contributed by atoms with Gasteiger partial charge in [-0.2, -0.15) is 10.1 Å². The Bertz CT molecular complexity index is 846. The molecule has 1 N–H and O–H groups in total. The van der Waals surface area contributed by atoms with Crippen LogP contribution < -0.4 is 5.32 Å². The largest absolute Gasteiger partial charge is 0.350 e. The first-order valence-electron chi connectivity index (χ1n) is 7.10. The average molecular weight is 329 g/mol. The molecule has 124 valence electrons. The summed E-state index contributed by atoms with van der Waals surface area (Å²) < 4.78 is 6.64. The molecule has 0 saturated carbocycles. The lowest BCUT2D eigenvalue weighted by Gasteiger charge is -2.14. The number of nitro groups is 1. The fourth-order valence-electron chi connectivity index (χ4n) is 2.26. The molecule has 0 radical (unpaired) electrons. The van der Waals surface area contributed by atoms with Crippen molar-refractivity contribution in [3.8, 4) is 0 Å². The van der Waals surface area contributed by atoms with Gasteiger partial charge in [0.25, 0.3) is 0 Å². The molecule has 0 bridgehead atoms. The number of rotatable bonds is 5. The van der Waals surface area contributed by atoms with Crippen molar-refractivity contribution in [2.45, 2.75) is 19.9 Å². The predicted octanol–water partition coefficient (Wildman–Crippen LogP) is 1.92. The van der Waals surface area contributed by atoms with Gasteiger partial charge in [0.2, 0.25) is 11.7 Å². The molecule has 1 atom stereocenters. The van der Waals surface area contributed by atoms with Crippen molar-refractivity contribution in [3.63, 3.8) is 0 Å². The van der Waals surface area contributed by atoms with E-state index >= 15 is 0 Å². The zero-order chi connectivity index (χ0) is 17.3. The molecule has 24 heavy (non-hydrogen) atoms. The summed E-state index contributed by atoms with van der Waals surface area (Å²) >= 11 is 0. The highest BCUT2D eigenvalue weighted by atomic mass is 16.6. The maximum atomic E-state index is 11.3. The summed E-state index contributed by atoms with van der Waals surface area (Å²) in [7, 11) is 1.77. The van der Waals surface area contributed by atoms with Crippen molar-refractivity contribution in [3.05, 3.63) is 57.6 Å². The zero-order valence-electron chi connectivity index (χ0n) is 13.3. The van der Waals surface area contributed by atoms with Gasteiger partial charge in [0.15, 0.2) is 5.82 Å². The third kappa shape index (κ3) is 3.07. The van der Waals surface area contributed by atoms with Gasteiger partial charge >= 0.3 is 5.69 Å². The second-order valence-corrected chi connectivity index (χ2v) is 5.33. The van der Waals surface area contributed by atoms with E-state index in [1.807, 2.05) is 0 Å². The molecule has 0 fully saturated rings. The lowest BCUT2D eigenvalue weighted by atomic mass is 10.1. The van der Waals surface area contributed by atoms with Gasteiger partial charge in [-0.25, -0.2) is 4.98 Å². The summed E-state index contributed by atoms with van der Waals surface area (Å²) in [4.78, 5) is 19.2. The predicted molar refractivity (Wildman–Crippen MR) is 83.3 cm³/mol. The molecule has 0 spiro atoms. The SMILES string of the molecule is Cc1cnc(N[C@H](c2cnn(C)c2)c2noc(C)n2)c([N+](=O)[O-])c1. The van der Waals surface area contributed by atoms with Crippen LogP contribution in [0, 0.1) is 24.0 Å². The van der Waals surface area contributed by atoms with Crippen LogP contribution in [0.25, 0.3) is 0 Å². The maximum absolute atomic E-state index is 11.3. The number of pyridine rings is 1. The number of aryl methyl sites for hydroxylation is 3. The molecule has 0 aliphatic heterocycles. The van der Waals surface area contributed by atoms with Crippen LogP contribution in [-0.2, 0) is 7.05 Å². The molecule has 3 heterocycles. The molecule has 3 aromatic rings. The van der Waals surface area contributed by atoms with Gasteiger partial charge in [-0.3, -0.25) is 14.8 Å². The van der Waals surface area contributed by atoms with E-state index in [2.05, 4.69) is 25.5 Å². The first-order chi connectivity index (χ1) is 11.4. The Morgan fingerprint density at radius 3 is 2.75 bits per heavy atom.